The lowest BCUT2D eigenvalue weighted by atomic mass is 10.0. The molecule has 1 saturated carbocycles. The van der Waals surface area contributed by atoms with E-state index in [1.807, 2.05) is 13.8 Å². The van der Waals surface area contributed by atoms with Crippen molar-refractivity contribution >= 4 is 5.91 Å². The summed E-state index contributed by atoms with van der Waals surface area (Å²) < 4.78 is 2.15. The van der Waals surface area contributed by atoms with Gasteiger partial charge in [0.2, 0.25) is 5.91 Å². The van der Waals surface area contributed by atoms with E-state index in [1.54, 1.807) is 0 Å². The molecule has 0 saturated heterocycles. The molecule has 4 nitrogen and oxygen atoms in total. The molecule has 1 unspecified atom stereocenters. The normalized spacial score (nSPS) is 20.3. The Balaban J connectivity index is 1.85. The Morgan fingerprint density at radius 1 is 1.39 bits per heavy atom. The highest BCUT2D eigenvalue weighted by Gasteiger charge is 2.29. The van der Waals surface area contributed by atoms with E-state index in [-0.39, 0.29) is 11.9 Å². The fourth-order valence-electron chi connectivity index (χ4n) is 2.88. The number of hydrogen-bond donors (Lipinski definition) is 1. The summed E-state index contributed by atoms with van der Waals surface area (Å²) >= 11 is 0. The maximum absolute atomic E-state index is 12.2. The Morgan fingerprint density at radius 3 is 2.83 bits per heavy atom. The monoisotopic (exact) mass is 247 g/mol. The third kappa shape index (κ3) is 2.04. The van der Waals surface area contributed by atoms with Crippen molar-refractivity contribution in [3.8, 4) is 0 Å². The molecule has 1 aromatic heterocycles. The molecule has 3 rings (SSSR count). The highest BCUT2D eigenvalue weighted by molar-refractivity contribution is 5.80. The largest absolute Gasteiger partial charge is 0.352 e. The summed E-state index contributed by atoms with van der Waals surface area (Å²) in [7, 11) is 0. The summed E-state index contributed by atoms with van der Waals surface area (Å²) in [5.74, 6) is 1.13. The lowest BCUT2D eigenvalue weighted by molar-refractivity contribution is -0.124. The fraction of sp³-hybridized carbons (Fsp3) is 0.714. The number of amides is 1. The van der Waals surface area contributed by atoms with Gasteiger partial charge in [-0.3, -0.25) is 4.79 Å². The lowest BCUT2D eigenvalue weighted by Crippen LogP contribution is -2.33. The number of rotatable bonds is 3. The summed E-state index contributed by atoms with van der Waals surface area (Å²) in [4.78, 5) is 16.8. The number of nitrogens with zero attached hydrogens (tertiary/aromatic N) is 2. The van der Waals surface area contributed by atoms with Crippen LogP contribution in [0.3, 0.4) is 0 Å². The zero-order valence-corrected chi connectivity index (χ0v) is 11.2. The van der Waals surface area contributed by atoms with Crippen molar-refractivity contribution in [2.24, 2.45) is 0 Å². The standard InChI is InChI=1S/C14H21N3O/c1-9(14(18)16-11-7-8-11)17-10(2)15-12-5-3-4-6-13(12)17/h9,11H,3-8H2,1-2H3,(H,16,18). The molecule has 0 bridgehead atoms. The molecule has 18 heavy (non-hydrogen) atoms. The molecule has 1 fully saturated rings. The van der Waals surface area contributed by atoms with Crippen LogP contribution in [0.5, 0.6) is 0 Å². The van der Waals surface area contributed by atoms with Crippen molar-refractivity contribution in [3.63, 3.8) is 0 Å². The molecular formula is C14H21N3O. The van der Waals surface area contributed by atoms with Crippen LogP contribution in [0.1, 0.15) is 55.9 Å². The zero-order valence-electron chi connectivity index (χ0n) is 11.2. The number of carbonyl (C=O) groups is 1. The van der Waals surface area contributed by atoms with Gasteiger partial charge in [-0.05, 0) is 52.4 Å². The van der Waals surface area contributed by atoms with E-state index >= 15 is 0 Å². The minimum Gasteiger partial charge on any atom is -0.352 e. The van der Waals surface area contributed by atoms with Gasteiger partial charge < -0.3 is 9.88 Å². The van der Waals surface area contributed by atoms with Gasteiger partial charge in [-0.2, -0.15) is 0 Å². The molecule has 4 heteroatoms. The first-order valence-corrected chi connectivity index (χ1v) is 7.04. The van der Waals surface area contributed by atoms with Gasteiger partial charge in [-0.15, -0.1) is 0 Å². The maximum atomic E-state index is 12.2. The van der Waals surface area contributed by atoms with Crippen LogP contribution in [0, 0.1) is 6.92 Å². The highest BCUT2D eigenvalue weighted by Crippen LogP contribution is 2.26. The molecule has 1 N–H and O–H groups in total. The molecule has 2 aliphatic rings. The lowest BCUT2D eigenvalue weighted by Gasteiger charge is -2.20. The molecule has 1 heterocycles. The van der Waals surface area contributed by atoms with E-state index in [0.29, 0.717) is 6.04 Å². The Bertz CT molecular complexity index is 474. The first-order valence-electron chi connectivity index (χ1n) is 7.04. The summed E-state index contributed by atoms with van der Waals surface area (Å²) in [6.07, 6.45) is 6.86. The first kappa shape index (κ1) is 11.8. The summed E-state index contributed by atoms with van der Waals surface area (Å²) in [6.45, 7) is 4.00. The third-order valence-corrected chi connectivity index (χ3v) is 4.04. The number of nitrogens with one attached hydrogen (secondary N) is 1. The van der Waals surface area contributed by atoms with Gasteiger partial charge in [0, 0.05) is 11.7 Å². The van der Waals surface area contributed by atoms with Gasteiger partial charge in [0.15, 0.2) is 0 Å². The van der Waals surface area contributed by atoms with Crippen LogP contribution in [-0.4, -0.2) is 21.5 Å². The molecular weight excluding hydrogens is 226 g/mol. The first-order chi connectivity index (χ1) is 8.66. The number of carbonyl (C=O) groups excluding carboxylic acids is 1. The average molecular weight is 247 g/mol. The van der Waals surface area contributed by atoms with Gasteiger partial charge in [0.05, 0.1) is 5.69 Å². The topological polar surface area (TPSA) is 46.9 Å². The van der Waals surface area contributed by atoms with Crippen LogP contribution < -0.4 is 5.32 Å². The molecule has 1 atom stereocenters. The molecule has 0 radical (unpaired) electrons. The molecule has 1 aromatic rings. The van der Waals surface area contributed by atoms with Gasteiger partial charge >= 0.3 is 0 Å². The quantitative estimate of drug-likeness (QED) is 0.887. The van der Waals surface area contributed by atoms with Gasteiger partial charge in [-0.25, -0.2) is 4.98 Å². The van der Waals surface area contributed by atoms with Crippen molar-refractivity contribution < 1.29 is 4.79 Å². The summed E-state index contributed by atoms with van der Waals surface area (Å²) in [6, 6.07) is 0.305. The number of fused-ring (bicyclic) bond motifs is 1. The minimum absolute atomic E-state index is 0.125. The van der Waals surface area contributed by atoms with E-state index in [0.717, 1.165) is 31.5 Å². The molecule has 1 amide bonds. The van der Waals surface area contributed by atoms with Crippen molar-refractivity contribution in [2.45, 2.75) is 64.5 Å². The van der Waals surface area contributed by atoms with Gasteiger partial charge in [0.25, 0.3) is 0 Å². The van der Waals surface area contributed by atoms with Crippen LogP contribution in [0.25, 0.3) is 0 Å². The second-order valence-electron chi connectivity index (χ2n) is 5.59. The van der Waals surface area contributed by atoms with Crippen LogP contribution >= 0.6 is 0 Å². The van der Waals surface area contributed by atoms with E-state index in [4.69, 9.17) is 0 Å². The van der Waals surface area contributed by atoms with Crippen molar-refractivity contribution in [1.82, 2.24) is 14.9 Å². The summed E-state index contributed by atoms with van der Waals surface area (Å²) in [5, 5.41) is 3.09. The number of aromatic nitrogens is 2. The minimum atomic E-state index is -0.125. The average Bonchev–Trinajstić information content (AvgIpc) is 3.09. The summed E-state index contributed by atoms with van der Waals surface area (Å²) in [5.41, 5.74) is 2.50. The van der Waals surface area contributed by atoms with Crippen LogP contribution in [0.4, 0.5) is 0 Å². The molecule has 0 spiro atoms. The van der Waals surface area contributed by atoms with Crippen LogP contribution in [0.15, 0.2) is 0 Å². The van der Waals surface area contributed by atoms with E-state index in [9.17, 15) is 4.79 Å². The molecule has 0 aromatic carbocycles. The predicted octanol–water partition coefficient (Wildman–Crippen LogP) is 1.91. The van der Waals surface area contributed by atoms with Gasteiger partial charge in [0.1, 0.15) is 11.9 Å². The van der Waals surface area contributed by atoms with Crippen molar-refractivity contribution in [3.05, 3.63) is 17.2 Å². The SMILES string of the molecule is Cc1nc2c(n1C(C)C(=O)NC1CC1)CCCC2. The molecule has 2 aliphatic carbocycles. The second-order valence-corrected chi connectivity index (χ2v) is 5.59. The van der Waals surface area contributed by atoms with Crippen LogP contribution in [-0.2, 0) is 17.6 Å². The highest BCUT2D eigenvalue weighted by atomic mass is 16.2. The van der Waals surface area contributed by atoms with E-state index in [2.05, 4.69) is 14.9 Å². The Morgan fingerprint density at radius 2 is 2.11 bits per heavy atom. The van der Waals surface area contributed by atoms with E-state index < -0.39 is 0 Å². The van der Waals surface area contributed by atoms with Gasteiger partial charge in [-0.1, -0.05) is 0 Å². The molecule has 0 aliphatic heterocycles. The predicted molar refractivity (Wildman–Crippen MR) is 69.5 cm³/mol. The van der Waals surface area contributed by atoms with E-state index in [1.165, 1.54) is 24.2 Å². The zero-order chi connectivity index (χ0) is 12.7. The number of aryl methyl sites for hydroxylation is 2. The van der Waals surface area contributed by atoms with Crippen LogP contribution in [0.2, 0.25) is 0 Å². The number of hydrogen-bond acceptors (Lipinski definition) is 2. The van der Waals surface area contributed by atoms with Crippen molar-refractivity contribution in [2.75, 3.05) is 0 Å². The smallest absolute Gasteiger partial charge is 0.243 e. The Hall–Kier alpha value is -1.32. The fourth-order valence-corrected chi connectivity index (χ4v) is 2.88. The molecule has 98 valence electrons. The Labute approximate surface area is 108 Å². The Kier molecular flexibility index (Phi) is 2.88. The number of imidazole rings is 1. The second kappa shape index (κ2) is 4.41. The van der Waals surface area contributed by atoms with Crippen molar-refractivity contribution in [1.29, 1.82) is 0 Å². The third-order valence-electron chi connectivity index (χ3n) is 4.04. The maximum Gasteiger partial charge on any atom is 0.243 e.